The van der Waals surface area contributed by atoms with E-state index in [-0.39, 0.29) is 18.3 Å². The molecule has 0 heterocycles. The smallest absolute Gasteiger partial charge is 0.220 e. The van der Waals surface area contributed by atoms with Gasteiger partial charge in [-0.15, -0.1) is 12.4 Å². The molecule has 108 valence electrons. The third kappa shape index (κ3) is 8.70. The van der Waals surface area contributed by atoms with E-state index in [1.807, 2.05) is 7.05 Å². The van der Waals surface area contributed by atoms with Gasteiger partial charge in [0.05, 0.1) is 6.54 Å². The minimum atomic E-state index is 0. The monoisotopic (exact) mass is 306 g/mol. The first-order valence-corrected chi connectivity index (χ1v) is 6.40. The van der Waals surface area contributed by atoms with E-state index < -0.39 is 0 Å². The maximum absolute atomic E-state index is 11.4. The molecule has 0 aliphatic heterocycles. The van der Waals surface area contributed by atoms with Gasteiger partial charge >= 0.3 is 0 Å². The molecule has 19 heavy (non-hydrogen) atoms. The highest BCUT2D eigenvalue weighted by molar-refractivity contribution is 6.30. The number of ether oxygens (including phenoxy) is 1. The molecule has 0 unspecified atom stereocenters. The quantitative estimate of drug-likeness (QED) is 0.724. The average molecular weight is 307 g/mol. The summed E-state index contributed by atoms with van der Waals surface area (Å²) in [4.78, 5) is 11.4. The second-order valence-corrected chi connectivity index (χ2v) is 4.30. The minimum absolute atomic E-state index is 0. The van der Waals surface area contributed by atoms with Gasteiger partial charge in [0.1, 0.15) is 12.4 Å². The highest BCUT2D eigenvalue weighted by Gasteiger charge is 2.00. The van der Waals surface area contributed by atoms with Gasteiger partial charge in [0.25, 0.3) is 0 Å². The lowest BCUT2D eigenvalue weighted by atomic mass is 10.3. The molecular weight excluding hydrogens is 287 g/mol. The van der Waals surface area contributed by atoms with Gasteiger partial charge in [-0.05, 0) is 44.3 Å². The van der Waals surface area contributed by atoms with Crippen LogP contribution in [0.2, 0.25) is 5.02 Å². The molecule has 2 N–H and O–H groups in total. The molecule has 0 radical (unpaired) electrons. The second-order valence-electron chi connectivity index (χ2n) is 3.86. The summed E-state index contributed by atoms with van der Waals surface area (Å²) < 4.78 is 5.45. The Morgan fingerprint density at radius 3 is 2.58 bits per heavy atom. The zero-order chi connectivity index (χ0) is 13.2. The molecule has 0 aliphatic carbocycles. The van der Waals surface area contributed by atoms with E-state index in [9.17, 15) is 4.79 Å². The van der Waals surface area contributed by atoms with Crippen LogP contribution in [0.15, 0.2) is 24.3 Å². The topological polar surface area (TPSA) is 50.4 Å². The van der Waals surface area contributed by atoms with Crippen molar-refractivity contribution in [1.82, 2.24) is 10.6 Å². The number of nitrogens with one attached hydrogen (secondary N) is 2. The Morgan fingerprint density at radius 2 is 1.95 bits per heavy atom. The van der Waals surface area contributed by atoms with Crippen LogP contribution in [0, 0.1) is 0 Å². The highest BCUT2D eigenvalue weighted by Crippen LogP contribution is 2.14. The van der Waals surface area contributed by atoms with Crippen LogP contribution in [0.25, 0.3) is 0 Å². The van der Waals surface area contributed by atoms with Crippen molar-refractivity contribution in [1.29, 1.82) is 0 Å². The Hall–Kier alpha value is -0.970. The fourth-order valence-electron chi connectivity index (χ4n) is 1.40. The van der Waals surface area contributed by atoms with Gasteiger partial charge in [-0.25, -0.2) is 0 Å². The zero-order valence-corrected chi connectivity index (χ0v) is 12.5. The fourth-order valence-corrected chi connectivity index (χ4v) is 1.53. The molecule has 1 aromatic rings. The molecule has 1 amide bonds. The lowest BCUT2D eigenvalue weighted by Gasteiger charge is -2.07. The summed E-state index contributed by atoms with van der Waals surface area (Å²) in [5.41, 5.74) is 0. The van der Waals surface area contributed by atoms with Crippen molar-refractivity contribution in [3.8, 4) is 5.75 Å². The lowest BCUT2D eigenvalue weighted by Crippen LogP contribution is -2.28. The van der Waals surface area contributed by atoms with Gasteiger partial charge in [-0.2, -0.15) is 0 Å². The third-order valence-electron chi connectivity index (χ3n) is 2.34. The summed E-state index contributed by atoms with van der Waals surface area (Å²) in [7, 11) is 1.87. The fraction of sp³-hybridized carbons (Fsp3) is 0.462. The van der Waals surface area contributed by atoms with E-state index in [0.29, 0.717) is 24.6 Å². The molecule has 0 atom stereocenters. The van der Waals surface area contributed by atoms with Gasteiger partial charge in [0, 0.05) is 11.4 Å². The summed E-state index contributed by atoms with van der Waals surface area (Å²) in [5.74, 6) is 0.814. The Bertz CT molecular complexity index is 358. The Morgan fingerprint density at radius 1 is 1.26 bits per heavy atom. The van der Waals surface area contributed by atoms with E-state index in [1.54, 1.807) is 24.3 Å². The molecular formula is C13H20Cl2N2O2. The molecule has 0 fully saturated rings. The number of hydrogen-bond acceptors (Lipinski definition) is 3. The van der Waals surface area contributed by atoms with Gasteiger partial charge in [0.15, 0.2) is 0 Å². The molecule has 1 aromatic carbocycles. The van der Waals surface area contributed by atoms with Crippen LogP contribution < -0.4 is 15.4 Å². The van der Waals surface area contributed by atoms with Gasteiger partial charge in [0.2, 0.25) is 5.91 Å². The summed E-state index contributed by atoms with van der Waals surface area (Å²) in [6.07, 6.45) is 1.39. The molecule has 6 heteroatoms. The second kappa shape index (κ2) is 10.9. The normalized spacial score (nSPS) is 9.58. The number of rotatable bonds is 8. The van der Waals surface area contributed by atoms with Crippen LogP contribution in [0.3, 0.4) is 0 Å². The van der Waals surface area contributed by atoms with E-state index in [4.69, 9.17) is 16.3 Å². The first-order chi connectivity index (χ1) is 8.72. The molecule has 0 saturated carbocycles. The Balaban J connectivity index is 0.00000324. The van der Waals surface area contributed by atoms with Crippen LogP contribution in [0.1, 0.15) is 12.8 Å². The molecule has 0 bridgehead atoms. The van der Waals surface area contributed by atoms with Gasteiger partial charge < -0.3 is 15.4 Å². The van der Waals surface area contributed by atoms with Crippen molar-refractivity contribution in [2.45, 2.75) is 12.8 Å². The van der Waals surface area contributed by atoms with Crippen molar-refractivity contribution in [2.24, 2.45) is 0 Å². The van der Waals surface area contributed by atoms with E-state index in [2.05, 4.69) is 10.6 Å². The van der Waals surface area contributed by atoms with Crippen molar-refractivity contribution in [3.05, 3.63) is 29.3 Å². The van der Waals surface area contributed by atoms with Crippen molar-refractivity contribution in [3.63, 3.8) is 0 Å². The molecule has 0 aromatic heterocycles. The molecule has 1 rings (SSSR count). The first-order valence-electron chi connectivity index (χ1n) is 6.02. The Labute approximate surface area is 125 Å². The summed E-state index contributed by atoms with van der Waals surface area (Å²) in [6, 6.07) is 7.15. The van der Waals surface area contributed by atoms with Crippen molar-refractivity contribution in [2.75, 3.05) is 26.7 Å². The maximum atomic E-state index is 11.4. The number of benzene rings is 1. The van der Waals surface area contributed by atoms with Gasteiger partial charge in [-0.3, -0.25) is 4.79 Å². The first kappa shape index (κ1) is 18.0. The zero-order valence-electron chi connectivity index (χ0n) is 10.9. The van der Waals surface area contributed by atoms with Crippen LogP contribution in [0.5, 0.6) is 5.75 Å². The largest absolute Gasteiger partial charge is 0.492 e. The Kier molecular flexibility index (Phi) is 10.4. The van der Waals surface area contributed by atoms with Gasteiger partial charge in [-0.1, -0.05) is 11.6 Å². The minimum Gasteiger partial charge on any atom is -0.492 e. The van der Waals surface area contributed by atoms with Crippen LogP contribution in [-0.4, -0.2) is 32.7 Å². The highest BCUT2D eigenvalue weighted by atomic mass is 35.5. The van der Waals surface area contributed by atoms with E-state index in [0.717, 1.165) is 18.7 Å². The lowest BCUT2D eigenvalue weighted by molar-refractivity contribution is -0.121. The van der Waals surface area contributed by atoms with Crippen LogP contribution >= 0.6 is 24.0 Å². The summed E-state index contributed by atoms with van der Waals surface area (Å²) >= 11 is 5.76. The van der Waals surface area contributed by atoms with Crippen LogP contribution in [-0.2, 0) is 4.79 Å². The molecule has 0 aliphatic rings. The SMILES string of the molecule is CNCCCC(=O)NCCOc1ccc(Cl)cc1.Cl. The van der Waals surface area contributed by atoms with Crippen LogP contribution in [0.4, 0.5) is 0 Å². The van der Waals surface area contributed by atoms with E-state index in [1.165, 1.54) is 0 Å². The number of amides is 1. The predicted molar refractivity (Wildman–Crippen MR) is 80.4 cm³/mol. The number of halogens is 2. The molecule has 0 spiro atoms. The van der Waals surface area contributed by atoms with Crippen molar-refractivity contribution < 1.29 is 9.53 Å². The number of carbonyl (C=O) groups excluding carboxylic acids is 1. The summed E-state index contributed by atoms with van der Waals surface area (Å²) in [5, 5.41) is 6.49. The standard InChI is InChI=1S/C13H19ClN2O2.ClH/c1-15-8-2-3-13(17)16-9-10-18-12-6-4-11(14)5-7-12;/h4-7,15H,2-3,8-10H2,1H3,(H,16,17);1H. The van der Waals surface area contributed by atoms with E-state index >= 15 is 0 Å². The third-order valence-corrected chi connectivity index (χ3v) is 2.59. The predicted octanol–water partition coefficient (Wildman–Crippen LogP) is 2.26. The molecule has 4 nitrogen and oxygen atoms in total. The maximum Gasteiger partial charge on any atom is 0.220 e. The number of hydrogen-bond donors (Lipinski definition) is 2. The average Bonchev–Trinajstić information content (AvgIpc) is 2.37. The number of carbonyl (C=O) groups is 1. The molecule has 0 saturated heterocycles. The van der Waals surface area contributed by atoms with Crippen molar-refractivity contribution >= 4 is 29.9 Å². The summed E-state index contributed by atoms with van der Waals surface area (Å²) in [6.45, 7) is 1.83.